The maximum atomic E-state index is 12.6. The van der Waals surface area contributed by atoms with Gasteiger partial charge in [-0.3, -0.25) is 4.79 Å². The highest BCUT2D eigenvalue weighted by Gasteiger charge is 2.17. The number of carbonyl (C=O) groups is 1. The summed E-state index contributed by atoms with van der Waals surface area (Å²) in [6, 6.07) is 15.4. The van der Waals surface area contributed by atoms with E-state index in [4.69, 9.17) is 0 Å². The molecule has 2 heterocycles. The second kappa shape index (κ2) is 8.14. The van der Waals surface area contributed by atoms with Gasteiger partial charge in [0, 0.05) is 11.3 Å². The number of aryl methyl sites for hydroxylation is 1. The van der Waals surface area contributed by atoms with Crippen LogP contribution in [0.15, 0.2) is 48.5 Å². The van der Waals surface area contributed by atoms with E-state index in [9.17, 15) is 4.79 Å². The molecule has 6 nitrogen and oxygen atoms in total. The van der Waals surface area contributed by atoms with Crippen LogP contribution in [0.2, 0.25) is 0 Å². The highest BCUT2D eigenvalue weighted by molar-refractivity contribution is 8.16. The molecular formula is C19H19N5OS2. The van der Waals surface area contributed by atoms with E-state index in [1.165, 1.54) is 23.5 Å². The van der Waals surface area contributed by atoms with Crippen molar-refractivity contribution in [3.05, 3.63) is 65.5 Å². The van der Waals surface area contributed by atoms with Crippen molar-refractivity contribution in [2.75, 3.05) is 16.8 Å². The first kappa shape index (κ1) is 18.1. The normalized spacial score (nSPS) is 14.9. The Morgan fingerprint density at radius 2 is 1.93 bits per heavy atom. The lowest BCUT2D eigenvalue weighted by Gasteiger charge is -2.21. The molecule has 1 aliphatic rings. The van der Waals surface area contributed by atoms with E-state index in [-0.39, 0.29) is 5.91 Å². The first-order valence-electron chi connectivity index (χ1n) is 8.71. The lowest BCUT2D eigenvalue weighted by atomic mass is 10.1. The molecule has 0 saturated carbocycles. The molecule has 2 aromatic carbocycles. The molecule has 8 heteroatoms. The van der Waals surface area contributed by atoms with E-state index in [1.807, 2.05) is 66.8 Å². The minimum Gasteiger partial charge on any atom is -0.322 e. The summed E-state index contributed by atoms with van der Waals surface area (Å²) in [7, 11) is 0. The third kappa shape index (κ3) is 4.17. The number of hydrogen-bond acceptors (Lipinski definition) is 6. The number of hydrogen-bond donors (Lipinski definition) is 1. The maximum Gasteiger partial charge on any atom is 0.255 e. The molecule has 1 fully saturated rings. The third-order valence-corrected chi connectivity index (χ3v) is 7.26. The second-order valence-corrected chi connectivity index (χ2v) is 8.92. The summed E-state index contributed by atoms with van der Waals surface area (Å²) in [5.41, 5.74) is 3.43. The van der Waals surface area contributed by atoms with Gasteiger partial charge in [0.15, 0.2) is 5.82 Å². The third-order valence-electron chi connectivity index (χ3n) is 4.25. The van der Waals surface area contributed by atoms with Crippen molar-refractivity contribution in [2.24, 2.45) is 0 Å². The summed E-state index contributed by atoms with van der Waals surface area (Å²) < 4.78 is 2.11. The minimum absolute atomic E-state index is 0.129. The number of benzene rings is 2. The number of carbonyl (C=O) groups excluding carboxylic acids is 1. The Kier molecular flexibility index (Phi) is 5.45. The van der Waals surface area contributed by atoms with E-state index >= 15 is 0 Å². The van der Waals surface area contributed by atoms with E-state index < -0.39 is 0 Å². The van der Waals surface area contributed by atoms with Crippen molar-refractivity contribution in [1.29, 1.82) is 0 Å². The Hall–Kier alpha value is -2.32. The molecule has 0 radical (unpaired) electrons. The fraction of sp³-hybridized carbons (Fsp3) is 0.263. The molecule has 1 N–H and O–H groups in total. The zero-order valence-corrected chi connectivity index (χ0v) is 16.5. The van der Waals surface area contributed by atoms with Crippen molar-refractivity contribution < 1.29 is 4.79 Å². The van der Waals surface area contributed by atoms with Gasteiger partial charge in [0.25, 0.3) is 5.91 Å². The molecule has 4 rings (SSSR count). The molecule has 27 heavy (non-hydrogen) atoms. The first-order valence-corrected chi connectivity index (χ1v) is 10.8. The molecule has 1 saturated heterocycles. The number of rotatable bonds is 4. The fourth-order valence-electron chi connectivity index (χ4n) is 2.86. The molecule has 1 aliphatic heterocycles. The van der Waals surface area contributed by atoms with Crippen molar-refractivity contribution >= 4 is 35.1 Å². The highest BCUT2D eigenvalue weighted by Crippen LogP contribution is 2.43. The van der Waals surface area contributed by atoms with Crippen molar-refractivity contribution in [1.82, 2.24) is 20.2 Å². The molecule has 0 aliphatic carbocycles. The zero-order valence-electron chi connectivity index (χ0n) is 14.8. The van der Waals surface area contributed by atoms with Gasteiger partial charge in [-0.1, -0.05) is 18.2 Å². The predicted octanol–water partition coefficient (Wildman–Crippen LogP) is 4.09. The average Bonchev–Trinajstić information content (AvgIpc) is 3.15. The summed E-state index contributed by atoms with van der Waals surface area (Å²) >= 11 is 3.96. The summed E-state index contributed by atoms with van der Waals surface area (Å²) in [5.74, 6) is 2.97. The van der Waals surface area contributed by atoms with Gasteiger partial charge in [0.1, 0.15) is 0 Å². The average molecular weight is 398 g/mol. The van der Waals surface area contributed by atoms with Gasteiger partial charge in [0.05, 0.1) is 10.3 Å². The highest BCUT2D eigenvalue weighted by atomic mass is 32.2. The molecule has 0 atom stereocenters. The number of thioether (sulfide) groups is 2. The van der Waals surface area contributed by atoms with Gasteiger partial charge in [-0.15, -0.1) is 28.6 Å². The number of tetrazole rings is 1. The number of nitrogens with zero attached hydrogens (tertiary/aromatic N) is 4. The van der Waals surface area contributed by atoms with Gasteiger partial charge >= 0.3 is 0 Å². The Morgan fingerprint density at radius 1 is 1.15 bits per heavy atom. The number of nitrogens with one attached hydrogen (secondary N) is 1. The van der Waals surface area contributed by atoms with Crippen LogP contribution in [0.5, 0.6) is 0 Å². The molecule has 0 bridgehead atoms. The topological polar surface area (TPSA) is 72.7 Å². The van der Waals surface area contributed by atoms with Crippen LogP contribution in [0.25, 0.3) is 5.69 Å². The number of anilines is 1. The fourth-order valence-corrected chi connectivity index (χ4v) is 5.76. The van der Waals surface area contributed by atoms with E-state index in [2.05, 4.69) is 33.0 Å². The van der Waals surface area contributed by atoms with E-state index in [0.29, 0.717) is 21.7 Å². The Bertz CT molecular complexity index is 935. The lowest BCUT2D eigenvalue weighted by molar-refractivity contribution is 0.102. The molecule has 1 aromatic heterocycles. The Labute approximate surface area is 166 Å². The van der Waals surface area contributed by atoms with Gasteiger partial charge < -0.3 is 5.32 Å². The van der Waals surface area contributed by atoms with Crippen molar-refractivity contribution in [3.63, 3.8) is 0 Å². The lowest BCUT2D eigenvalue weighted by Crippen LogP contribution is -2.12. The van der Waals surface area contributed by atoms with Crippen LogP contribution < -0.4 is 5.32 Å². The van der Waals surface area contributed by atoms with Crippen molar-refractivity contribution in [3.8, 4) is 5.69 Å². The minimum atomic E-state index is -0.129. The smallest absolute Gasteiger partial charge is 0.255 e. The van der Waals surface area contributed by atoms with Crippen LogP contribution in [-0.2, 0) is 0 Å². The van der Waals surface area contributed by atoms with Gasteiger partial charge in [-0.2, -0.15) is 4.68 Å². The van der Waals surface area contributed by atoms with Crippen LogP contribution in [-0.4, -0.2) is 37.6 Å². The van der Waals surface area contributed by atoms with Crippen LogP contribution in [0.3, 0.4) is 0 Å². The second-order valence-electron chi connectivity index (χ2n) is 6.19. The zero-order chi connectivity index (χ0) is 18.6. The predicted molar refractivity (Wildman–Crippen MR) is 111 cm³/mol. The largest absolute Gasteiger partial charge is 0.322 e. The van der Waals surface area contributed by atoms with E-state index in [0.717, 1.165) is 5.69 Å². The maximum absolute atomic E-state index is 12.6. The molecule has 0 unspecified atom stereocenters. The Balaban J connectivity index is 1.47. The van der Waals surface area contributed by atoms with Crippen molar-refractivity contribution in [2.45, 2.75) is 17.9 Å². The summed E-state index contributed by atoms with van der Waals surface area (Å²) in [6.07, 6.45) is 1.27. The van der Waals surface area contributed by atoms with Crippen LogP contribution in [0, 0.1) is 6.92 Å². The summed E-state index contributed by atoms with van der Waals surface area (Å²) in [6.45, 7) is 1.83. The summed E-state index contributed by atoms with van der Waals surface area (Å²) in [5, 5.41) is 14.4. The number of aromatic nitrogens is 4. The molecular weight excluding hydrogens is 378 g/mol. The van der Waals surface area contributed by atoms with E-state index in [1.54, 1.807) is 4.68 Å². The van der Waals surface area contributed by atoms with Crippen LogP contribution >= 0.6 is 23.5 Å². The van der Waals surface area contributed by atoms with Gasteiger partial charge in [-0.25, -0.2) is 0 Å². The quantitative estimate of drug-likeness (QED) is 0.715. The summed E-state index contributed by atoms with van der Waals surface area (Å²) in [4.78, 5) is 12.6. The monoisotopic (exact) mass is 397 g/mol. The van der Waals surface area contributed by atoms with Gasteiger partial charge in [0.2, 0.25) is 0 Å². The SMILES string of the molecule is Cc1nnnn1-c1cccc(NC(=O)c2ccc(C3SCCCS3)cc2)c1. The molecule has 0 spiro atoms. The van der Waals surface area contributed by atoms with Crippen LogP contribution in [0.4, 0.5) is 5.69 Å². The number of amides is 1. The standard InChI is InChI=1S/C19H19N5OS2/c1-13-21-22-23-24(13)17-5-2-4-16(12-17)20-18(25)14-6-8-15(9-7-14)19-26-10-3-11-27-19/h2,4-9,12,19H,3,10-11H2,1H3,(H,20,25). The first-order chi connectivity index (χ1) is 13.2. The Morgan fingerprint density at radius 3 is 2.63 bits per heavy atom. The molecule has 138 valence electrons. The molecule has 3 aromatic rings. The van der Waals surface area contributed by atoms with Gasteiger partial charge in [-0.05, 0) is 71.2 Å². The molecule has 1 amide bonds. The van der Waals surface area contributed by atoms with Crippen LogP contribution in [0.1, 0.15) is 32.7 Å².